The quantitative estimate of drug-likeness (QED) is 0.788. The van der Waals surface area contributed by atoms with Crippen molar-refractivity contribution < 1.29 is 4.84 Å². The number of nitrogens with zero attached hydrogens (tertiary/aromatic N) is 4. The van der Waals surface area contributed by atoms with E-state index < -0.39 is 0 Å². The molecule has 68 valence electrons. The molecule has 12 heavy (non-hydrogen) atoms. The Kier molecular flexibility index (Phi) is 3.63. The van der Waals surface area contributed by atoms with Crippen molar-refractivity contribution in [3.63, 3.8) is 0 Å². The smallest absolute Gasteiger partial charge is 0.218 e. The Balaban J connectivity index is 2.68. The van der Waals surface area contributed by atoms with Crippen molar-refractivity contribution in [2.45, 2.75) is 6.67 Å². The predicted octanol–water partition coefficient (Wildman–Crippen LogP) is 1.25. The van der Waals surface area contributed by atoms with Gasteiger partial charge in [-0.2, -0.15) is 10.0 Å². The van der Waals surface area contributed by atoms with E-state index in [4.69, 9.17) is 4.84 Å². The molecule has 0 fully saturated rings. The van der Waals surface area contributed by atoms with Crippen molar-refractivity contribution in [2.75, 3.05) is 14.2 Å². The highest BCUT2D eigenvalue weighted by atomic mass is 79.9. The summed E-state index contributed by atoms with van der Waals surface area (Å²) in [5.74, 6) is 0. The number of hydroxylamine groups is 2. The molecule has 1 aromatic heterocycles. The summed E-state index contributed by atoms with van der Waals surface area (Å²) in [6.45, 7) is 0.523. The summed E-state index contributed by atoms with van der Waals surface area (Å²) in [5, 5.41) is 5.68. The average Bonchev–Trinajstić information content (AvgIpc) is 2.30. The molecule has 0 aliphatic rings. The highest BCUT2D eigenvalue weighted by Gasteiger charge is 2.06. The summed E-state index contributed by atoms with van der Waals surface area (Å²) < 4.78 is 2.88. The lowest BCUT2D eigenvalue weighted by Gasteiger charge is -2.12. The second-order valence-corrected chi connectivity index (χ2v) is 3.52. The van der Waals surface area contributed by atoms with E-state index in [2.05, 4.69) is 41.9 Å². The van der Waals surface area contributed by atoms with Gasteiger partial charge in [-0.15, -0.1) is 5.10 Å². The maximum Gasteiger partial charge on any atom is 0.218 e. The van der Waals surface area contributed by atoms with Crippen LogP contribution in [-0.4, -0.2) is 34.0 Å². The molecular formula is C5H8Br2N4O. The van der Waals surface area contributed by atoms with Crippen LogP contribution in [0.5, 0.6) is 0 Å². The summed E-state index contributed by atoms with van der Waals surface area (Å²) in [6.07, 6.45) is 0. The van der Waals surface area contributed by atoms with Crippen LogP contribution in [0.1, 0.15) is 0 Å². The largest absolute Gasteiger partial charge is 0.301 e. The van der Waals surface area contributed by atoms with Crippen LogP contribution < -0.4 is 0 Å². The highest BCUT2D eigenvalue weighted by Crippen LogP contribution is 2.11. The van der Waals surface area contributed by atoms with Gasteiger partial charge >= 0.3 is 0 Å². The SMILES string of the molecule is CON(C)Cn1nc(Br)nc1Br. The lowest BCUT2D eigenvalue weighted by atomic mass is 11.0. The zero-order valence-electron chi connectivity index (χ0n) is 6.66. The van der Waals surface area contributed by atoms with E-state index in [0.29, 0.717) is 16.1 Å². The van der Waals surface area contributed by atoms with Crippen LogP contribution in [0.2, 0.25) is 0 Å². The molecule has 1 aromatic rings. The minimum absolute atomic E-state index is 0.523. The molecule has 0 aliphatic heterocycles. The van der Waals surface area contributed by atoms with Crippen LogP contribution in [0.3, 0.4) is 0 Å². The number of halogens is 2. The first-order chi connectivity index (χ1) is 5.63. The molecule has 0 saturated carbocycles. The Hall–Kier alpha value is 0.0200. The standard InChI is InChI=1S/C5H8Br2N4O/c1-10(12-2)3-11-5(7)8-4(6)9-11/h3H2,1-2H3. The fraction of sp³-hybridized carbons (Fsp3) is 0.600. The van der Waals surface area contributed by atoms with Gasteiger partial charge in [0.1, 0.15) is 6.67 Å². The van der Waals surface area contributed by atoms with Crippen LogP contribution in [0.4, 0.5) is 0 Å². The van der Waals surface area contributed by atoms with Crippen molar-refractivity contribution in [3.8, 4) is 0 Å². The van der Waals surface area contributed by atoms with E-state index in [9.17, 15) is 0 Å². The Bertz CT molecular complexity index is 264. The number of aromatic nitrogens is 3. The topological polar surface area (TPSA) is 43.2 Å². The molecule has 0 saturated heterocycles. The molecule has 0 atom stereocenters. The van der Waals surface area contributed by atoms with Crippen molar-refractivity contribution in [1.29, 1.82) is 0 Å². The summed E-state index contributed by atoms with van der Waals surface area (Å²) >= 11 is 6.41. The lowest BCUT2D eigenvalue weighted by molar-refractivity contribution is -0.134. The zero-order valence-corrected chi connectivity index (χ0v) is 9.83. The van der Waals surface area contributed by atoms with E-state index in [1.807, 2.05) is 7.05 Å². The van der Waals surface area contributed by atoms with Crippen molar-refractivity contribution in [2.24, 2.45) is 0 Å². The first-order valence-electron chi connectivity index (χ1n) is 3.14. The second-order valence-electron chi connectivity index (χ2n) is 2.10. The summed E-state index contributed by atoms with van der Waals surface area (Å²) in [4.78, 5) is 8.93. The van der Waals surface area contributed by atoms with Gasteiger partial charge < -0.3 is 4.84 Å². The van der Waals surface area contributed by atoms with Gasteiger partial charge in [0, 0.05) is 7.05 Å². The molecule has 0 spiro atoms. The molecule has 0 bridgehead atoms. The molecule has 5 nitrogen and oxygen atoms in total. The molecule has 1 heterocycles. The molecule has 0 aliphatic carbocycles. The third-order valence-electron chi connectivity index (χ3n) is 1.25. The Labute approximate surface area is 86.9 Å². The lowest BCUT2D eigenvalue weighted by Crippen LogP contribution is -2.21. The van der Waals surface area contributed by atoms with Gasteiger partial charge in [0.2, 0.25) is 4.73 Å². The van der Waals surface area contributed by atoms with Gasteiger partial charge in [-0.1, -0.05) is 0 Å². The van der Waals surface area contributed by atoms with Gasteiger partial charge in [0.15, 0.2) is 4.73 Å². The fourth-order valence-electron chi connectivity index (χ4n) is 0.633. The van der Waals surface area contributed by atoms with Crippen molar-refractivity contribution >= 4 is 31.9 Å². The molecule has 0 radical (unpaired) electrons. The van der Waals surface area contributed by atoms with E-state index in [1.54, 1.807) is 16.9 Å². The van der Waals surface area contributed by atoms with Gasteiger partial charge in [-0.05, 0) is 31.9 Å². The third-order valence-corrected chi connectivity index (χ3v) is 2.17. The Morgan fingerprint density at radius 2 is 2.25 bits per heavy atom. The number of hydrogen-bond acceptors (Lipinski definition) is 4. The van der Waals surface area contributed by atoms with E-state index in [-0.39, 0.29) is 0 Å². The minimum atomic E-state index is 0.523. The Morgan fingerprint density at radius 1 is 1.58 bits per heavy atom. The number of rotatable bonds is 3. The molecule has 0 N–H and O–H groups in total. The summed E-state index contributed by atoms with van der Waals surface area (Å²) in [6, 6.07) is 0. The maximum atomic E-state index is 4.93. The first-order valence-corrected chi connectivity index (χ1v) is 4.73. The third kappa shape index (κ3) is 2.51. The van der Waals surface area contributed by atoms with Crippen molar-refractivity contribution in [3.05, 3.63) is 9.47 Å². The van der Waals surface area contributed by atoms with Gasteiger partial charge in [0.25, 0.3) is 0 Å². The Morgan fingerprint density at radius 3 is 2.67 bits per heavy atom. The van der Waals surface area contributed by atoms with Crippen molar-refractivity contribution in [1.82, 2.24) is 19.8 Å². The predicted molar refractivity (Wildman–Crippen MR) is 50.2 cm³/mol. The van der Waals surface area contributed by atoms with Crippen LogP contribution in [-0.2, 0) is 11.5 Å². The first kappa shape index (κ1) is 10.1. The number of hydrogen-bond donors (Lipinski definition) is 0. The van der Waals surface area contributed by atoms with E-state index in [0.717, 1.165) is 0 Å². The van der Waals surface area contributed by atoms with Gasteiger partial charge in [-0.3, -0.25) is 0 Å². The summed E-state index contributed by atoms with van der Waals surface area (Å²) in [5.41, 5.74) is 0. The van der Waals surface area contributed by atoms with Gasteiger partial charge in [0.05, 0.1) is 7.11 Å². The van der Waals surface area contributed by atoms with Crippen LogP contribution in [0, 0.1) is 0 Å². The molecule has 0 aromatic carbocycles. The van der Waals surface area contributed by atoms with Crippen LogP contribution in [0.15, 0.2) is 9.47 Å². The molecule has 1 rings (SSSR count). The molecule has 0 unspecified atom stereocenters. The van der Waals surface area contributed by atoms with Crippen LogP contribution >= 0.6 is 31.9 Å². The fourth-order valence-corrected chi connectivity index (χ4v) is 1.59. The van der Waals surface area contributed by atoms with Crippen LogP contribution in [0.25, 0.3) is 0 Å². The zero-order chi connectivity index (χ0) is 9.14. The highest BCUT2D eigenvalue weighted by molar-refractivity contribution is 9.11. The minimum Gasteiger partial charge on any atom is -0.301 e. The summed E-state index contributed by atoms with van der Waals surface area (Å²) in [7, 11) is 3.40. The maximum absolute atomic E-state index is 4.93. The second kappa shape index (κ2) is 4.31. The van der Waals surface area contributed by atoms with E-state index in [1.165, 1.54) is 0 Å². The molecule has 7 heteroatoms. The molecule has 0 amide bonds. The average molecular weight is 300 g/mol. The van der Waals surface area contributed by atoms with Gasteiger partial charge in [-0.25, -0.2) is 4.68 Å². The molecular weight excluding hydrogens is 292 g/mol. The monoisotopic (exact) mass is 298 g/mol. The normalized spacial score (nSPS) is 11.1. The van der Waals surface area contributed by atoms with E-state index >= 15 is 0 Å².